The predicted octanol–water partition coefficient (Wildman–Crippen LogP) is 3.01. The summed E-state index contributed by atoms with van der Waals surface area (Å²) in [6.45, 7) is 0. The number of phenols is 2. The molecule has 0 atom stereocenters. The van der Waals surface area contributed by atoms with Crippen LogP contribution in [0.15, 0.2) is 34.8 Å². The second kappa shape index (κ2) is 2.92. The summed E-state index contributed by atoms with van der Waals surface area (Å²) in [5, 5.41) is 20.4. The first-order chi connectivity index (χ1) is 6.20. The summed E-state index contributed by atoms with van der Waals surface area (Å²) >= 11 is 3.25. The van der Waals surface area contributed by atoms with Crippen molar-refractivity contribution in [2.75, 3.05) is 0 Å². The zero-order chi connectivity index (χ0) is 9.42. The van der Waals surface area contributed by atoms with E-state index in [1.165, 1.54) is 6.07 Å². The van der Waals surface area contributed by atoms with Crippen LogP contribution in [0.4, 0.5) is 0 Å². The molecule has 0 bridgehead atoms. The zero-order valence-corrected chi connectivity index (χ0v) is 8.25. The number of hydrogen-bond acceptors (Lipinski definition) is 2. The van der Waals surface area contributed by atoms with Crippen LogP contribution in [-0.4, -0.2) is 10.2 Å². The minimum Gasteiger partial charge on any atom is -0.507 e. The van der Waals surface area contributed by atoms with Crippen LogP contribution < -0.4 is 0 Å². The maximum absolute atomic E-state index is 9.50. The van der Waals surface area contributed by atoms with E-state index in [4.69, 9.17) is 0 Å². The van der Waals surface area contributed by atoms with Crippen molar-refractivity contribution in [2.45, 2.75) is 0 Å². The molecular weight excluding hydrogens is 232 g/mol. The lowest BCUT2D eigenvalue weighted by Gasteiger charge is -2.04. The minimum atomic E-state index is 0.0520. The number of aromatic hydroxyl groups is 2. The highest BCUT2D eigenvalue weighted by molar-refractivity contribution is 9.10. The Balaban J connectivity index is 2.97. The number of phenolic OH excluding ortho intramolecular Hbond substituents is 2. The molecule has 13 heavy (non-hydrogen) atoms. The number of hydrogen-bond donors (Lipinski definition) is 2. The van der Waals surface area contributed by atoms with Gasteiger partial charge in [0.05, 0.1) is 4.47 Å². The molecule has 2 N–H and O–H groups in total. The van der Waals surface area contributed by atoms with E-state index in [0.29, 0.717) is 4.47 Å². The van der Waals surface area contributed by atoms with Gasteiger partial charge in [0.2, 0.25) is 0 Å². The summed E-state index contributed by atoms with van der Waals surface area (Å²) in [5.41, 5.74) is 0. The fourth-order valence-corrected chi connectivity index (χ4v) is 1.77. The third-order valence-electron chi connectivity index (χ3n) is 1.94. The van der Waals surface area contributed by atoms with E-state index in [2.05, 4.69) is 15.9 Å². The molecular formula is C10H7BrO2. The standard InChI is InChI=1S/C10H7BrO2/c11-10-7-4-2-1-3-6(7)8(12)5-9(10)13/h1-5,12-13H. The highest BCUT2D eigenvalue weighted by Crippen LogP contribution is 2.37. The number of fused-ring (bicyclic) bond motifs is 1. The third-order valence-corrected chi connectivity index (χ3v) is 2.77. The second-order valence-electron chi connectivity index (χ2n) is 2.77. The van der Waals surface area contributed by atoms with Gasteiger partial charge in [0, 0.05) is 16.8 Å². The normalized spacial score (nSPS) is 10.5. The van der Waals surface area contributed by atoms with E-state index in [-0.39, 0.29) is 11.5 Å². The molecule has 2 nitrogen and oxygen atoms in total. The van der Waals surface area contributed by atoms with Gasteiger partial charge < -0.3 is 10.2 Å². The van der Waals surface area contributed by atoms with Crippen LogP contribution in [0.5, 0.6) is 11.5 Å². The molecule has 0 aromatic heterocycles. The van der Waals surface area contributed by atoms with Gasteiger partial charge in [-0.25, -0.2) is 0 Å². The molecule has 66 valence electrons. The molecule has 0 aliphatic carbocycles. The zero-order valence-electron chi connectivity index (χ0n) is 6.66. The molecule has 0 aliphatic rings. The van der Waals surface area contributed by atoms with Crippen LogP contribution >= 0.6 is 15.9 Å². The first-order valence-electron chi connectivity index (χ1n) is 3.79. The maximum Gasteiger partial charge on any atom is 0.134 e. The molecule has 0 saturated carbocycles. The van der Waals surface area contributed by atoms with Gasteiger partial charge in [-0.2, -0.15) is 0 Å². The van der Waals surface area contributed by atoms with E-state index in [1.807, 2.05) is 18.2 Å². The van der Waals surface area contributed by atoms with Gasteiger partial charge in [-0.1, -0.05) is 24.3 Å². The van der Waals surface area contributed by atoms with Crippen LogP contribution in [0.3, 0.4) is 0 Å². The molecule has 0 aliphatic heterocycles. The summed E-state index contributed by atoms with van der Waals surface area (Å²) in [6.07, 6.45) is 0. The molecule has 0 heterocycles. The number of benzene rings is 2. The second-order valence-corrected chi connectivity index (χ2v) is 3.57. The van der Waals surface area contributed by atoms with Gasteiger partial charge in [-0.3, -0.25) is 0 Å². The largest absolute Gasteiger partial charge is 0.507 e. The van der Waals surface area contributed by atoms with Crippen molar-refractivity contribution in [3.8, 4) is 11.5 Å². The molecule has 3 heteroatoms. The molecule has 0 unspecified atom stereocenters. The average Bonchev–Trinajstić information content (AvgIpc) is 2.15. The van der Waals surface area contributed by atoms with Gasteiger partial charge in [-0.05, 0) is 15.9 Å². The Kier molecular flexibility index (Phi) is 1.88. The Morgan fingerprint density at radius 1 is 0.923 bits per heavy atom. The monoisotopic (exact) mass is 238 g/mol. The van der Waals surface area contributed by atoms with Gasteiger partial charge in [0.1, 0.15) is 11.5 Å². The third kappa shape index (κ3) is 1.25. The van der Waals surface area contributed by atoms with E-state index < -0.39 is 0 Å². The Bertz CT molecular complexity index is 466. The molecule has 0 fully saturated rings. The molecule has 0 radical (unpaired) electrons. The minimum absolute atomic E-state index is 0.0520. The van der Waals surface area contributed by atoms with Gasteiger partial charge in [0.15, 0.2) is 0 Å². The van der Waals surface area contributed by atoms with E-state index in [9.17, 15) is 10.2 Å². The number of halogens is 1. The first kappa shape index (κ1) is 8.38. The average molecular weight is 239 g/mol. The van der Waals surface area contributed by atoms with Crippen molar-refractivity contribution in [1.82, 2.24) is 0 Å². The molecule has 2 rings (SSSR count). The van der Waals surface area contributed by atoms with Crippen molar-refractivity contribution in [1.29, 1.82) is 0 Å². The topological polar surface area (TPSA) is 40.5 Å². The quantitative estimate of drug-likeness (QED) is 0.741. The first-order valence-corrected chi connectivity index (χ1v) is 4.58. The molecule has 0 amide bonds. The summed E-state index contributed by atoms with van der Waals surface area (Å²) in [5.74, 6) is 0.146. The maximum atomic E-state index is 9.50. The lowest BCUT2D eigenvalue weighted by Crippen LogP contribution is -1.76. The summed E-state index contributed by atoms with van der Waals surface area (Å²) in [4.78, 5) is 0. The van der Waals surface area contributed by atoms with Crippen LogP contribution in [0.1, 0.15) is 0 Å². The van der Waals surface area contributed by atoms with Crippen LogP contribution in [0.25, 0.3) is 10.8 Å². The molecule has 0 saturated heterocycles. The van der Waals surface area contributed by atoms with Gasteiger partial charge in [0.25, 0.3) is 0 Å². The Hall–Kier alpha value is -1.22. The lowest BCUT2D eigenvalue weighted by molar-refractivity contribution is 0.453. The summed E-state index contributed by atoms with van der Waals surface area (Å²) in [7, 11) is 0. The van der Waals surface area contributed by atoms with Crippen molar-refractivity contribution in [2.24, 2.45) is 0 Å². The Labute approximate surface area is 83.6 Å². The highest BCUT2D eigenvalue weighted by atomic mass is 79.9. The fraction of sp³-hybridized carbons (Fsp3) is 0. The summed E-state index contributed by atoms with van der Waals surface area (Å²) < 4.78 is 0.612. The Morgan fingerprint density at radius 3 is 2.23 bits per heavy atom. The lowest BCUT2D eigenvalue weighted by atomic mass is 10.1. The van der Waals surface area contributed by atoms with E-state index in [0.717, 1.165) is 10.8 Å². The van der Waals surface area contributed by atoms with Crippen molar-refractivity contribution >= 4 is 26.7 Å². The van der Waals surface area contributed by atoms with E-state index in [1.54, 1.807) is 6.07 Å². The predicted molar refractivity (Wildman–Crippen MR) is 55.0 cm³/mol. The number of rotatable bonds is 0. The Morgan fingerprint density at radius 2 is 1.54 bits per heavy atom. The highest BCUT2D eigenvalue weighted by Gasteiger charge is 2.07. The van der Waals surface area contributed by atoms with Crippen molar-refractivity contribution < 1.29 is 10.2 Å². The van der Waals surface area contributed by atoms with E-state index >= 15 is 0 Å². The fourth-order valence-electron chi connectivity index (χ4n) is 1.31. The van der Waals surface area contributed by atoms with Crippen molar-refractivity contribution in [3.05, 3.63) is 34.8 Å². The molecule has 0 spiro atoms. The molecule has 2 aromatic carbocycles. The van der Waals surface area contributed by atoms with Crippen molar-refractivity contribution in [3.63, 3.8) is 0 Å². The van der Waals surface area contributed by atoms with Gasteiger partial charge >= 0.3 is 0 Å². The summed E-state index contributed by atoms with van der Waals surface area (Å²) in [6, 6.07) is 8.65. The van der Waals surface area contributed by atoms with Crippen LogP contribution in [0, 0.1) is 0 Å². The smallest absolute Gasteiger partial charge is 0.134 e. The van der Waals surface area contributed by atoms with Gasteiger partial charge in [-0.15, -0.1) is 0 Å². The van der Waals surface area contributed by atoms with Crippen LogP contribution in [-0.2, 0) is 0 Å². The van der Waals surface area contributed by atoms with Crippen LogP contribution in [0.2, 0.25) is 0 Å². The molecule has 2 aromatic rings. The SMILES string of the molecule is Oc1cc(O)c2ccccc2c1Br.